The molecule has 0 radical (unpaired) electrons. The largest absolute Gasteiger partial charge is 0.445 e. The Balaban J connectivity index is 1.48. The van der Waals surface area contributed by atoms with E-state index in [0.717, 1.165) is 27.6 Å². The summed E-state index contributed by atoms with van der Waals surface area (Å²) in [7, 11) is 0. The van der Waals surface area contributed by atoms with Gasteiger partial charge >= 0.3 is 6.09 Å². The average molecular weight is 501 g/mol. The van der Waals surface area contributed by atoms with Crippen molar-refractivity contribution in [2.75, 3.05) is 0 Å². The molecule has 0 saturated carbocycles. The highest BCUT2D eigenvalue weighted by atomic mass is 16.5. The van der Waals surface area contributed by atoms with E-state index in [4.69, 9.17) is 4.74 Å². The molecule has 37 heavy (non-hydrogen) atoms. The van der Waals surface area contributed by atoms with Gasteiger partial charge in [0.2, 0.25) is 5.91 Å². The molecule has 3 aromatic carbocycles. The van der Waals surface area contributed by atoms with E-state index >= 15 is 0 Å². The first-order valence-corrected chi connectivity index (χ1v) is 11.8. The Morgan fingerprint density at radius 1 is 0.757 bits per heavy atom. The van der Waals surface area contributed by atoms with Gasteiger partial charge in [0.25, 0.3) is 5.91 Å². The van der Waals surface area contributed by atoms with Crippen LogP contribution in [0.5, 0.6) is 0 Å². The van der Waals surface area contributed by atoms with Crippen molar-refractivity contribution in [3.63, 3.8) is 0 Å². The maximum Gasteiger partial charge on any atom is 0.408 e. The molecule has 190 valence electrons. The lowest BCUT2D eigenvalue weighted by molar-refractivity contribution is -0.135. The molecule has 1 heterocycles. The monoisotopic (exact) mass is 500 g/mol. The lowest BCUT2D eigenvalue weighted by Crippen LogP contribution is -2.54. The van der Waals surface area contributed by atoms with E-state index in [-0.39, 0.29) is 19.4 Å². The third-order valence-electron chi connectivity index (χ3n) is 5.95. The van der Waals surface area contributed by atoms with Crippen LogP contribution < -0.4 is 16.1 Å². The van der Waals surface area contributed by atoms with Crippen LogP contribution in [-0.2, 0) is 33.8 Å². The molecular weight excluding hydrogens is 472 g/mol. The normalized spacial score (nSPS) is 12.4. The van der Waals surface area contributed by atoms with Crippen LogP contribution in [0.2, 0.25) is 0 Å². The number of aromatic nitrogens is 1. The van der Waals surface area contributed by atoms with E-state index < -0.39 is 30.0 Å². The lowest BCUT2D eigenvalue weighted by atomic mass is 10.0. The quantitative estimate of drug-likeness (QED) is 0.168. The molecule has 0 aliphatic rings. The van der Waals surface area contributed by atoms with Gasteiger partial charge < -0.3 is 20.4 Å². The minimum Gasteiger partial charge on any atom is -0.445 e. The first kappa shape index (κ1) is 25.5. The van der Waals surface area contributed by atoms with Crippen molar-refractivity contribution < 1.29 is 24.3 Å². The highest BCUT2D eigenvalue weighted by molar-refractivity contribution is 5.92. The lowest BCUT2D eigenvalue weighted by Gasteiger charge is -2.22. The third-order valence-corrected chi connectivity index (χ3v) is 5.95. The number of hydrogen-bond donors (Lipinski definition) is 5. The Hall–Kier alpha value is -4.63. The molecule has 9 nitrogen and oxygen atoms in total. The fraction of sp³-hybridized carbons (Fsp3) is 0.179. The zero-order valence-electron chi connectivity index (χ0n) is 20.0. The molecule has 3 amide bonds. The molecule has 0 unspecified atom stereocenters. The summed E-state index contributed by atoms with van der Waals surface area (Å²) >= 11 is 0. The highest BCUT2D eigenvalue weighted by Crippen LogP contribution is 2.19. The van der Waals surface area contributed by atoms with Gasteiger partial charge in [-0.05, 0) is 22.8 Å². The summed E-state index contributed by atoms with van der Waals surface area (Å²) in [5.74, 6) is -1.36. The molecule has 5 N–H and O–H groups in total. The van der Waals surface area contributed by atoms with Crippen molar-refractivity contribution in [3.05, 3.63) is 108 Å². The van der Waals surface area contributed by atoms with Crippen molar-refractivity contribution in [2.24, 2.45) is 0 Å². The molecule has 0 bridgehead atoms. The summed E-state index contributed by atoms with van der Waals surface area (Å²) in [6, 6.07) is 23.8. The first-order chi connectivity index (χ1) is 18.0. The van der Waals surface area contributed by atoms with Gasteiger partial charge in [0.15, 0.2) is 0 Å². The number of benzene rings is 3. The fourth-order valence-electron chi connectivity index (χ4n) is 4.05. The van der Waals surface area contributed by atoms with Crippen LogP contribution in [0.3, 0.4) is 0 Å². The fourth-order valence-corrected chi connectivity index (χ4v) is 4.05. The van der Waals surface area contributed by atoms with Gasteiger partial charge in [-0.15, -0.1) is 0 Å². The predicted molar refractivity (Wildman–Crippen MR) is 138 cm³/mol. The molecule has 1 aromatic heterocycles. The number of H-pyrrole nitrogens is 1. The average Bonchev–Trinajstić information content (AvgIpc) is 3.34. The number of amides is 3. The summed E-state index contributed by atoms with van der Waals surface area (Å²) in [4.78, 5) is 41.5. The smallest absolute Gasteiger partial charge is 0.408 e. The van der Waals surface area contributed by atoms with E-state index in [1.165, 1.54) is 0 Å². The number of alkyl carbamates (subject to hydrolysis) is 1. The number of rotatable bonds is 10. The zero-order valence-corrected chi connectivity index (χ0v) is 20.0. The van der Waals surface area contributed by atoms with Crippen molar-refractivity contribution >= 4 is 28.8 Å². The van der Waals surface area contributed by atoms with Gasteiger partial charge in [-0.3, -0.25) is 14.8 Å². The molecule has 4 aromatic rings. The van der Waals surface area contributed by atoms with Gasteiger partial charge in [0.1, 0.15) is 18.7 Å². The molecule has 0 aliphatic carbocycles. The first-order valence-electron chi connectivity index (χ1n) is 11.8. The number of para-hydroxylation sites is 1. The number of aromatic amines is 1. The summed E-state index contributed by atoms with van der Waals surface area (Å²) in [5.41, 5.74) is 4.92. The Morgan fingerprint density at radius 3 is 2.08 bits per heavy atom. The van der Waals surface area contributed by atoms with Crippen LogP contribution in [-0.4, -0.2) is 40.2 Å². The Kier molecular flexibility index (Phi) is 8.51. The second kappa shape index (κ2) is 12.4. The van der Waals surface area contributed by atoms with Crippen molar-refractivity contribution in [1.29, 1.82) is 0 Å². The topological polar surface area (TPSA) is 133 Å². The molecule has 2 atom stereocenters. The van der Waals surface area contributed by atoms with E-state index in [0.29, 0.717) is 0 Å². The Labute approximate surface area is 213 Å². The minimum atomic E-state index is -1.09. The number of carbonyl (C=O) groups is 3. The predicted octanol–water partition coefficient (Wildman–Crippen LogP) is 3.24. The van der Waals surface area contributed by atoms with E-state index in [2.05, 4.69) is 15.6 Å². The molecular formula is C28H28N4O5. The summed E-state index contributed by atoms with van der Waals surface area (Å²) < 4.78 is 5.30. The van der Waals surface area contributed by atoms with Crippen LogP contribution in [0.25, 0.3) is 10.9 Å². The number of carbonyl (C=O) groups excluding carboxylic acids is 3. The molecule has 0 saturated heterocycles. The Bertz CT molecular complexity index is 1340. The van der Waals surface area contributed by atoms with Gasteiger partial charge in [-0.25, -0.2) is 10.3 Å². The number of hydrogen-bond acceptors (Lipinski definition) is 5. The van der Waals surface area contributed by atoms with E-state index in [1.54, 1.807) is 11.7 Å². The maximum absolute atomic E-state index is 13.3. The van der Waals surface area contributed by atoms with Crippen LogP contribution in [0.4, 0.5) is 4.79 Å². The van der Waals surface area contributed by atoms with Crippen molar-refractivity contribution in [3.8, 4) is 0 Å². The molecule has 4 rings (SSSR count). The number of nitrogens with one attached hydrogen (secondary N) is 4. The molecule has 0 spiro atoms. The van der Waals surface area contributed by atoms with E-state index in [1.807, 2.05) is 84.9 Å². The Morgan fingerprint density at radius 2 is 1.38 bits per heavy atom. The van der Waals surface area contributed by atoms with Crippen LogP contribution in [0.1, 0.15) is 16.7 Å². The number of ether oxygens (including phenoxy) is 1. The number of hydroxylamine groups is 1. The number of fused-ring (bicyclic) bond motifs is 1. The van der Waals surface area contributed by atoms with Crippen LogP contribution in [0, 0.1) is 0 Å². The van der Waals surface area contributed by atoms with Gasteiger partial charge in [0, 0.05) is 29.9 Å². The molecule has 9 heteroatoms. The van der Waals surface area contributed by atoms with Crippen LogP contribution >= 0.6 is 0 Å². The minimum absolute atomic E-state index is 0.0441. The second-order valence-corrected chi connectivity index (χ2v) is 8.55. The van der Waals surface area contributed by atoms with Crippen molar-refractivity contribution in [2.45, 2.75) is 31.5 Å². The van der Waals surface area contributed by atoms with Crippen LogP contribution in [0.15, 0.2) is 91.1 Å². The van der Waals surface area contributed by atoms with Gasteiger partial charge in [-0.1, -0.05) is 78.9 Å². The highest BCUT2D eigenvalue weighted by Gasteiger charge is 2.28. The summed E-state index contributed by atoms with van der Waals surface area (Å²) in [6.45, 7) is 0.0441. The third kappa shape index (κ3) is 6.96. The standard InChI is InChI=1S/C28H28N4O5/c33-26(30-25(27(34)32-36)16-21-17-29-23-14-8-7-13-22(21)23)24(15-19-9-3-1-4-10-19)31-28(35)37-18-20-11-5-2-6-12-20/h1-14,17,24-25,29,36H,15-16,18H2,(H,30,33)(H,31,35)(H,32,34)/t24-,25-/m1/s1. The van der Waals surface area contributed by atoms with E-state index in [9.17, 15) is 19.6 Å². The second-order valence-electron chi connectivity index (χ2n) is 8.55. The summed E-state index contributed by atoms with van der Waals surface area (Å²) in [5, 5.41) is 15.5. The maximum atomic E-state index is 13.3. The van der Waals surface area contributed by atoms with Gasteiger partial charge in [-0.2, -0.15) is 0 Å². The van der Waals surface area contributed by atoms with Crippen molar-refractivity contribution in [1.82, 2.24) is 21.1 Å². The van der Waals surface area contributed by atoms with Gasteiger partial charge in [0.05, 0.1) is 0 Å². The molecule has 0 fully saturated rings. The summed E-state index contributed by atoms with van der Waals surface area (Å²) in [6.07, 6.45) is 1.29. The zero-order chi connectivity index (χ0) is 26.0. The molecule has 0 aliphatic heterocycles. The SMILES string of the molecule is O=C(N[C@H](Cc1ccccc1)C(=O)N[C@H](Cc1c[nH]c2ccccc12)C(=O)NO)OCc1ccccc1.